The maximum absolute atomic E-state index is 12.7. The van der Waals surface area contributed by atoms with Crippen LogP contribution in [-0.4, -0.2) is 16.7 Å². The molecule has 3 nitrogen and oxygen atoms in total. The smallest absolute Gasteiger partial charge is 0.141 e. The van der Waals surface area contributed by atoms with E-state index in [1.807, 2.05) is 19.9 Å². The first kappa shape index (κ1) is 18.7. The van der Waals surface area contributed by atoms with Crippen molar-refractivity contribution in [1.29, 1.82) is 0 Å². The Morgan fingerprint density at radius 1 is 1.17 bits per heavy atom. The summed E-state index contributed by atoms with van der Waals surface area (Å²) in [5, 5.41) is 9.64. The second-order valence-corrected chi connectivity index (χ2v) is 7.18. The van der Waals surface area contributed by atoms with Crippen molar-refractivity contribution in [3.05, 3.63) is 29.3 Å². The van der Waals surface area contributed by atoms with Crippen molar-refractivity contribution < 1.29 is 14.7 Å². The van der Waals surface area contributed by atoms with Gasteiger partial charge >= 0.3 is 0 Å². The summed E-state index contributed by atoms with van der Waals surface area (Å²) in [6.45, 7) is 6.07. The van der Waals surface area contributed by atoms with Crippen molar-refractivity contribution in [1.82, 2.24) is 0 Å². The number of benzene rings is 1. The number of phenols is 1. The Balaban J connectivity index is 0.000000670. The van der Waals surface area contributed by atoms with E-state index in [-0.39, 0.29) is 42.1 Å². The fourth-order valence-electron chi connectivity index (χ4n) is 5.12. The molecule has 4 rings (SSSR count). The van der Waals surface area contributed by atoms with E-state index in [4.69, 9.17) is 0 Å². The highest BCUT2D eigenvalue weighted by Gasteiger charge is 2.56. The van der Waals surface area contributed by atoms with Gasteiger partial charge in [-0.15, -0.1) is 0 Å². The largest absolute Gasteiger partial charge is 0.508 e. The van der Waals surface area contributed by atoms with Crippen LogP contribution in [0.5, 0.6) is 5.75 Å². The first-order chi connectivity index (χ1) is 11.0. The molecule has 0 bridgehead atoms. The zero-order valence-electron chi connectivity index (χ0n) is 14.3. The number of carbonyl (C=O) groups is 2. The van der Waals surface area contributed by atoms with Gasteiger partial charge in [-0.3, -0.25) is 9.59 Å². The molecule has 3 aliphatic carbocycles. The van der Waals surface area contributed by atoms with Crippen molar-refractivity contribution in [3.63, 3.8) is 0 Å². The zero-order valence-corrected chi connectivity index (χ0v) is 14.3. The second-order valence-electron chi connectivity index (χ2n) is 7.18. The monoisotopic (exact) mass is 330 g/mol. The molecule has 0 aliphatic heterocycles. The fraction of sp³-hybridized carbons (Fsp3) is 0.619. The second kappa shape index (κ2) is 6.70. The lowest BCUT2D eigenvalue weighted by Crippen LogP contribution is -2.46. The van der Waals surface area contributed by atoms with Crippen LogP contribution in [-0.2, 0) is 16.0 Å². The van der Waals surface area contributed by atoms with E-state index in [1.54, 1.807) is 12.1 Å². The molecule has 3 heteroatoms. The first-order valence-electron chi connectivity index (χ1n) is 8.88. The Morgan fingerprint density at radius 3 is 2.58 bits per heavy atom. The molecule has 2 fully saturated rings. The third-order valence-corrected chi connectivity index (χ3v) is 6.24. The van der Waals surface area contributed by atoms with Crippen LogP contribution in [0.15, 0.2) is 18.2 Å². The molecule has 132 valence electrons. The lowest BCUT2D eigenvalue weighted by Gasteiger charge is -2.47. The molecule has 4 atom stereocenters. The van der Waals surface area contributed by atoms with Crippen molar-refractivity contribution in [2.24, 2.45) is 17.3 Å². The standard InChI is InChI=1S/C18H20O3.C2H6.CH4/c1-18-7-6-13-12-3-2-11(19)8-10(12)9-15(20)17(13)14(18)4-5-16(18)21;1-2;/h2-3,8,13-14,17,19H,4-7,9H2,1H3;1-2H3;1H4. The summed E-state index contributed by atoms with van der Waals surface area (Å²) in [7, 11) is 0. The van der Waals surface area contributed by atoms with Gasteiger partial charge in [-0.05, 0) is 54.4 Å². The Morgan fingerprint density at radius 2 is 1.88 bits per heavy atom. The summed E-state index contributed by atoms with van der Waals surface area (Å²) in [5.41, 5.74) is 1.93. The minimum absolute atomic E-state index is 0. The number of Topliss-reactive ketones (excluding diaryl/α,β-unsaturated/α-hetero) is 2. The summed E-state index contributed by atoms with van der Waals surface area (Å²) >= 11 is 0. The highest BCUT2D eigenvalue weighted by Crippen LogP contribution is 2.58. The predicted octanol–water partition coefficient (Wildman–Crippen LogP) is 4.66. The van der Waals surface area contributed by atoms with Crippen molar-refractivity contribution in [3.8, 4) is 5.75 Å². The number of rotatable bonds is 0. The minimum Gasteiger partial charge on any atom is -0.508 e. The van der Waals surface area contributed by atoms with E-state index >= 15 is 0 Å². The van der Waals surface area contributed by atoms with Gasteiger partial charge in [-0.2, -0.15) is 0 Å². The predicted molar refractivity (Wildman–Crippen MR) is 96.2 cm³/mol. The molecule has 0 amide bonds. The topological polar surface area (TPSA) is 54.4 Å². The van der Waals surface area contributed by atoms with Gasteiger partial charge in [0.05, 0.1) is 0 Å². The van der Waals surface area contributed by atoms with Crippen LogP contribution < -0.4 is 0 Å². The summed E-state index contributed by atoms with van der Waals surface area (Å²) in [5.74, 6) is 1.33. The summed E-state index contributed by atoms with van der Waals surface area (Å²) in [6, 6.07) is 5.44. The number of ketones is 2. The van der Waals surface area contributed by atoms with Crippen LogP contribution in [0.4, 0.5) is 0 Å². The average molecular weight is 330 g/mol. The van der Waals surface area contributed by atoms with Crippen LogP contribution in [0, 0.1) is 17.3 Å². The van der Waals surface area contributed by atoms with E-state index in [9.17, 15) is 14.7 Å². The van der Waals surface area contributed by atoms with Crippen molar-refractivity contribution in [2.45, 2.75) is 66.2 Å². The highest BCUT2D eigenvalue weighted by atomic mass is 16.3. The molecule has 0 spiro atoms. The van der Waals surface area contributed by atoms with Gasteiger partial charge in [0.2, 0.25) is 0 Å². The number of phenolic OH excluding ortho intramolecular Hbond substituents is 1. The van der Waals surface area contributed by atoms with E-state index in [2.05, 4.69) is 6.92 Å². The minimum atomic E-state index is -0.273. The Bertz CT molecular complexity index is 648. The van der Waals surface area contributed by atoms with Gasteiger partial charge in [0.1, 0.15) is 17.3 Å². The van der Waals surface area contributed by atoms with Gasteiger partial charge in [-0.1, -0.05) is 34.3 Å². The molecule has 0 saturated heterocycles. The van der Waals surface area contributed by atoms with Crippen molar-refractivity contribution >= 4 is 11.6 Å². The van der Waals surface area contributed by atoms with E-state index < -0.39 is 0 Å². The zero-order chi connectivity index (χ0) is 16.8. The molecule has 4 unspecified atom stereocenters. The lowest BCUT2D eigenvalue weighted by molar-refractivity contribution is -0.134. The quantitative estimate of drug-likeness (QED) is 0.753. The Hall–Kier alpha value is -1.64. The van der Waals surface area contributed by atoms with Gasteiger partial charge in [0.25, 0.3) is 0 Å². The molecule has 1 aromatic carbocycles. The maximum Gasteiger partial charge on any atom is 0.141 e. The van der Waals surface area contributed by atoms with Crippen LogP contribution >= 0.6 is 0 Å². The van der Waals surface area contributed by atoms with Crippen LogP contribution in [0.1, 0.15) is 70.9 Å². The molecular weight excluding hydrogens is 300 g/mol. The molecular formula is C21H30O3. The van der Waals surface area contributed by atoms with Gasteiger partial charge in [0, 0.05) is 24.2 Å². The number of fused-ring (bicyclic) bond motifs is 5. The van der Waals surface area contributed by atoms with E-state index in [1.165, 1.54) is 5.56 Å². The summed E-state index contributed by atoms with van der Waals surface area (Å²) < 4.78 is 0. The lowest BCUT2D eigenvalue weighted by atomic mass is 9.55. The molecule has 24 heavy (non-hydrogen) atoms. The van der Waals surface area contributed by atoms with Gasteiger partial charge in [-0.25, -0.2) is 0 Å². The van der Waals surface area contributed by atoms with Crippen LogP contribution in [0.25, 0.3) is 0 Å². The number of aromatic hydroxyl groups is 1. The molecule has 3 aliphatic rings. The molecule has 0 radical (unpaired) electrons. The first-order valence-corrected chi connectivity index (χ1v) is 8.88. The molecule has 0 aromatic heterocycles. The van der Waals surface area contributed by atoms with Crippen LogP contribution in [0.3, 0.4) is 0 Å². The number of hydrogen-bond donors (Lipinski definition) is 1. The maximum atomic E-state index is 12.7. The average Bonchev–Trinajstić information content (AvgIpc) is 2.84. The van der Waals surface area contributed by atoms with E-state index in [0.29, 0.717) is 18.6 Å². The number of hydrogen-bond acceptors (Lipinski definition) is 3. The normalized spacial score (nSPS) is 33.4. The molecule has 2 saturated carbocycles. The molecule has 1 N–H and O–H groups in total. The summed E-state index contributed by atoms with van der Waals surface area (Å²) in [6.07, 6.45) is 3.72. The van der Waals surface area contributed by atoms with Gasteiger partial charge in [0.15, 0.2) is 0 Å². The SMILES string of the molecule is C.CC.CC12CCC3c4ccc(O)cc4CC(=O)C3C1CCC2=O. The molecule has 1 aromatic rings. The van der Waals surface area contributed by atoms with Gasteiger partial charge < -0.3 is 5.11 Å². The Kier molecular flexibility index (Phi) is 5.22. The third kappa shape index (κ3) is 2.58. The summed E-state index contributed by atoms with van der Waals surface area (Å²) in [4.78, 5) is 25.0. The van der Waals surface area contributed by atoms with Crippen LogP contribution in [0.2, 0.25) is 0 Å². The highest BCUT2D eigenvalue weighted by molar-refractivity contribution is 5.92. The van der Waals surface area contributed by atoms with Crippen molar-refractivity contribution in [2.75, 3.05) is 0 Å². The van der Waals surface area contributed by atoms with E-state index in [0.717, 1.165) is 24.8 Å². The third-order valence-electron chi connectivity index (χ3n) is 6.24. The number of carbonyl (C=O) groups excluding carboxylic acids is 2. The Labute approximate surface area is 145 Å². The molecule has 0 heterocycles. The fourth-order valence-corrected chi connectivity index (χ4v) is 5.12.